The highest BCUT2D eigenvalue weighted by Crippen LogP contribution is 2.40. The Bertz CT molecular complexity index is 880. The molecule has 7 heteroatoms. The molecule has 6 nitrogen and oxygen atoms in total. The molecule has 152 valence electrons. The van der Waals surface area contributed by atoms with Gasteiger partial charge in [-0.05, 0) is 61.1 Å². The summed E-state index contributed by atoms with van der Waals surface area (Å²) in [5.41, 5.74) is 1.00. The van der Waals surface area contributed by atoms with Crippen LogP contribution in [0.4, 0.5) is 0 Å². The van der Waals surface area contributed by atoms with Gasteiger partial charge in [-0.25, -0.2) is 0 Å². The van der Waals surface area contributed by atoms with E-state index in [0.29, 0.717) is 48.7 Å². The zero-order chi connectivity index (χ0) is 20.4. The largest absolute Gasteiger partial charge is 0.391 e. The van der Waals surface area contributed by atoms with Gasteiger partial charge >= 0.3 is 0 Å². The molecule has 1 unspecified atom stereocenters. The van der Waals surface area contributed by atoms with Crippen molar-refractivity contribution in [1.29, 1.82) is 0 Å². The van der Waals surface area contributed by atoms with E-state index in [1.807, 2.05) is 4.90 Å². The van der Waals surface area contributed by atoms with Crippen molar-refractivity contribution in [2.75, 3.05) is 26.2 Å². The number of pyridine rings is 1. The van der Waals surface area contributed by atoms with Crippen LogP contribution in [0.15, 0.2) is 48.8 Å². The quantitative estimate of drug-likeness (QED) is 0.821. The van der Waals surface area contributed by atoms with Gasteiger partial charge in [-0.1, -0.05) is 11.6 Å². The minimum absolute atomic E-state index is 0.00355. The van der Waals surface area contributed by atoms with Crippen LogP contribution >= 0.6 is 11.6 Å². The molecule has 2 aromatic rings. The standard InChI is InChI=1S/C22H24ClN3O3/c23-18-5-3-16(4-6-18)20(28)25-10-7-22(8-11-25)12-19(27)14-26(15-22)21(29)17-2-1-9-24-13-17/h1-6,9,13,19,27H,7-8,10-12,14-15H2. The van der Waals surface area contributed by atoms with Crippen LogP contribution < -0.4 is 0 Å². The fraction of sp³-hybridized carbons (Fsp3) is 0.409. The predicted octanol–water partition coefficient (Wildman–Crippen LogP) is 2.86. The summed E-state index contributed by atoms with van der Waals surface area (Å²) in [6.07, 6.45) is 4.83. The molecule has 0 bridgehead atoms. The summed E-state index contributed by atoms with van der Waals surface area (Å²) in [7, 11) is 0. The number of aliphatic hydroxyl groups is 1. The van der Waals surface area contributed by atoms with E-state index in [9.17, 15) is 14.7 Å². The van der Waals surface area contributed by atoms with Crippen LogP contribution in [0, 0.1) is 5.41 Å². The summed E-state index contributed by atoms with van der Waals surface area (Å²) in [5, 5.41) is 11.1. The number of likely N-dealkylation sites (tertiary alicyclic amines) is 2. The summed E-state index contributed by atoms with van der Waals surface area (Å²) >= 11 is 5.91. The number of halogens is 1. The lowest BCUT2D eigenvalue weighted by atomic mass is 9.71. The average Bonchev–Trinajstić information content (AvgIpc) is 2.74. The third-order valence-electron chi connectivity index (χ3n) is 6.02. The Labute approximate surface area is 175 Å². The average molecular weight is 414 g/mol. The minimum atomic E-state index is -0.553. The first kappa shape index (κ1) is 19.9. The molecule has 2 aliphatic heterocycles. The van der Waals surface area contributed by atoms with Crippen molar-refractivity contribution in [1.82, 2.24) is 14.8 Å². The second-order valence-electron chi connectivity index (χ2n) is 8.08. The number of carbonyl (C=O) groups is 2. The molecule has 1 aromatic heterocycles. The van der Waals surface area contributed by atoms with Gasteiger partial charge < -0.3 is 14.9 Å². The number of piperidine rings is 2. The highest BCUT2D eigenvalue weighted by Gasteiger charge is 2.43. The molecule has 3 heterocycles. The first-order valence-electron chi connectivity index (χ1n) is 9.88. The van der Waals surface area contributed by atoms with Crippen molar-refractivity contribution >= 4 is 23.4 Å². The van der Waals surface area contributed by atoms with E-state index < -0.39 is 6.10 Å². The number of rotatable bonds is 2. The number of aromatic nitrogens is 1. The van der Waals surface area contributed by atoms with E-state index in [4.69, 9.17) is 11.6 Å². The van der Waals surface area contributed by atoms with E-state index in [1.165, 1.54) is 0 Å². The summed E-state index contributed by atoms with van der Waals surface area (Å²) < 4.78 is 0. The van der Waals surface area contributed by atoms with Crippen LogP contribution in [0.1, 0.15) is 40.0 Å². The maximum Gasteiger partial charge on any atom is 0.255 e. The first-order valence-corrected chi connectivity index (χ1v) is 10.3. The Morgan fingerprint density at radius 1 is 1.03 bits per heavy atom. The highest BCUT2D eigenvalue weighted by atomic mass is 35.5. The normalized spacial score (nSPS) is 21.2. The fourth-order valence-corrected chi connectivity index (χ4v) is 4.63. The molecule has 2 fully saturated rings. The molecule has 0 aliphatic carbocycles. The lowest BCUT2D eigenvalue weighted by Crippen LogP contribution is -2.55. The molecule has 4 rings (SSSR count). The minimum Gasteiger partial charge on any atom is -0.391 e. The van der Waals surface area contributed by atoms with E-state index >= 15 is 0 Å². The van der Waals surface area contributed by atoms with Gasteiger partial charge in [0.1, 0.15) is 0 Å². The van der Waals surface area contributed by atoms with Gasteiger partial charge in [0.25, 0.3) is 11.8 Å². The summed E-state index contributed by atoms with van der Waals surface area (Å²) in [6, 6.07) is 10.4. The van der Waals surface area contributed by atoms with Gasteiger partial charge in [0, 0.05) is 49.2 Å². The van der Waals surface area contributed by atoms with Crippen LogP contribution in [0.3, 0.4) is 0 Å². The second kappa shape index (κ2) is 8.13. The van der Waals surface area contributed by atoms with Gasteiger partial charge in [-0.2, -0.15) is 0 Å². The van der Waals surface area contributed by atoms with Crippen molar-refractivity contribution < 1.29 is 14.7 Å². The number of amides is 2. The number of β-amino-alcohol motifs (C(OH)–C–C–N with tert-alkyl or cyclic N) is 1. The van der Waals surface area contributed by atoms with Gasteiger partial charge in [-0.3, -0.25) is 14.6 Å². The van der Waals surface area contributed by atoms with Crippen molar-refractivity contribution in [3.05, 3.63) is 64.9 Å². The maximum atomic E-state index is 12.9. The highest BCUT2D eigenvalue weighted by molar-refractivity contribution is 6.30. The van der Waals surface area contributed by atoms with Crippen molar-refractivity contribution in [2.24, 2.45) is 5.41 Å². The third kappa shape index (κ3) is 4.28. The van der Waals surface area contributed by atoms with Crippen LogP contribution in [0.2, 0.25) is 5.02 Å². The van der Waals surface area contributed by atoms with E-state index in [2.05, 4.69) is 4.98 Å². The van der Waals surface area contributed by atoms with Crippen LogP contribution in [-0.4, -0.2) is 64.0 Å². The Balaban J connectivity index is 1.43. The number of hydrogen-bond acceptors (Lipinski definition) is 4. The molecule has 0 radical (unpaired) electrons. The van der Waals surface area contributed by atoms with Crippen molar-refractivity contribution in [3.63, 3.8) is 0 Å². The van der Waals surface area contributed by atoms with Crippen LogP contribution in [0.25, 0.3) is 0 Å². The molecule has 1 atom stereocenters. The third-order valence-corrected chi connectivity index (χ3v) is 6.28. The van der Waals surface area contributed by atoms with E-state index in [-0.39, 0.29) is 17.2 Å². The number of hydrogen-bond donors (Lipinski definition) is 1. The Hall–Kier alpha value is -2.44. The maximum absolute atomic E-state index is 12.9. The summed E-state index contributed by atoms with van der Waals surface area (Å²) in [4.78, 5) is 33.2. The molecule has 0 saturated carbocycles. The molecule has 1 N–H and O–H groups in total. The van der Waals surface area contributed by atoms with Gasteiger partial charge in [0.15, 0.2) is 0 Å². The smallest absolute Gasteiger partial charge is 0.255 e. The topological polar surface area (TPSA) is 73.7 Å². The first-order chi connectivity index (χ1) is 14.0. The molecule has 2 saturated heterocycles. The number of benzene rings is 1. The molecular weight excluding hydrogens is 390 g/mol. The summed E-state index contributed by atoms with van der Waals surface area (Å²) in [6.45, 7) is 2.16. The molecule has 2 aliphatic rings. The fourth-order valence-electron chi connectivity index (χ4n) is 4.50. The molecule has 1 aromatic carbocycles. The zero-order valence-corrected chi connectivity index (χ0v) is 16.9. The van der Waals surface area contributed by atoms with Crippen molar-refractivity contribution in [2.45, 2.75) is 25.4 Å². The Kier molecular flexibility index (Phi) is 5.56. The van der Waals surface area contributed by atoms with E-state index in [0.717, 1.165) is 12.8 Å². The summed E-state index contributed by atoms with van der Waals surface area (Å²) in [5.74, 6) is -0.105. The molecule has 29 heavy (non-hydrogen) atoms. The van der Waals surface area contributed by atoms with Crippen LogP contribution in [-0.2, 0) is 0 Å². The van der Waals surface area contributed by atoms with Crippen molar-refractivity contribution in [3.8, 4) is 0 Å². The molecular formula is C22H24ClN3O3. The number of nitrogens with zero attached hydrogens (tertiary/aromatic N) is 3. The van der Waals surface area contributed by atoms with Gasteiger partial charge in [0.2, 0.25) is 0 Å². The van der Waals surface area contributed by atoms with E-state index in [1.54, 1.807) is 53.7 Å². The Morgan fingerprint density at radius 2 is 1.72 bits per heavy atom. The monoisotopic (exact) mass is 413 g/mol. The lowest BCUT2D eigenvalue weighted by Gasteiger charge is -2.49. The SMILES string of the molecule is O=C(c1ccc(Cl)cc1)N1CCC2(CC1)CC(O)CN(C(=O)c1cccnc1)C2. The number of aliphatic hydroxyl groups excluding tert-OH is 1. The van der Waals surface area contributed by atoms with Gasteiger partial charge in [0.05, 0.1) is 11.7 Å². The lowest BCUT2D eigenvalue weighted by molar-refractivity contribution is -0.0299. The second-order valence-corrected chi connectivity index (χ2v) is 8.52. The number of carbonyl (C=O) groups excluding carboxylic acids is 2. The van der Waals surface area contributed by atoms with Gasteiger partial charge in [-0.15, -0.1) is 0 Å². The predicted molar refractivity (Wildman–Crippen MR) is 110 cm³/mol. The molecule has 2 amide bonds. The van der Waals surface area contributed by atoms with Crippen LogP contribution in [0.5, 0.6) is 0 Å². The molecule has 1 spiro atoms. The zero-order valence-electron chi connectivity index (χ0n) is 16.1. The Morgan fingerprint density at radius 3 is 2.38 bits per heavy atom.